The van der Waals surface area contributed by atoms with Crippen LogP contribution < -0.4 is 4.90 Å². The molecule has 0 fully saturated rings. The van der Waals surface area contributed by atoms with Crippen LogP contribution in [-0.2, 0) is 22.6 Å². The van der Waals surface area contributed by atoms with Crippen LogP contribution in [0.2, 0.25) is 5.02 Å². The lowest BCUT2D eigenvalue weighted by Crippen LogP contribution is -2.44. The summed E-state index contributed by atoms with van der Waals surface area (Å²) in [5.41, 5.74) is 4.07. The number of amides is 2. The molecule has 0 N–H and O–H groups in total. The lowest BCUT2D eigenvalue weighted by Gasteiger charge is -2.31. The van der Waals surface area contributed by atoms with E-state index in [0.717, 1.165) is 17.7 Å². The lowest BCUT2D eigenvalue weighted by molar-refractivity contribution is -0.132. The number of carbonyl (C=O) groups excluding carboxylic acids is 2. The minimum absolute atomic E-state index is 0.0416. The monoisotopic (exact) mass is 356 g/mol. The topological polar surface area (TPSA) is 40.6 Å². The van der Waals surface area contributed by atoms with Crippen LogP contribution in [-0.4, -0.2) is 29.8 Å². The summed E-state index contributed by atoms with van der Waals surface area (Å²) < 4.78 is 0. The molecule has 130 valence electrons. The Labute approximate surface area is 153 Å². The summed E-state index contributed by atoms with van der Waals surface area (Å²) in [6.07, 6.45) is 0.849. The zero-order valence-corrected chi connectivity index (χ0v) is 15.2. The van der Waals surface area contributed by atoms with Gasteiger partial charge in [-0.2, -0.15) is 0 Å². The second-order valence-electron chi connectivity index (χ2n) is 6.37. The van der Waals surface area contributed by atoms with Crippen LogP contribution in [0.25, 0.3) is 0 Å². The van der Waals surface area contributed by atoms with E-state index in [-0.39, 0.29) is 18.4 Å². The first kappa shape index (κ1) is 17.5. The normalized spacial score (nSPS) is 13.3. The van der Waals surface area contributed by atoms with Gasteiger partial charge in [0.05, 0.1) is 0 Å². The quantitative estimate of drug-likeness (QED) is 0.843. The van der Waals surface area contributed by atoms with E-state index in [1.54, 1.807) is 18.2 Å². The molecule has 1 aliphatic heterocycles. The Bertz CT molecular complexity index is 819. The predicted octanol–water partition coefficient (Wildman–Crippen LogP) is 3.59. The molecule has 0 atom stereocenters. The van der Waals surface area contributed by atoms with Crippen molar-refractivity contribution in [2.45, 2.75) is 26.8 Å². The molecule has 1 aliphatic rings. The Hall–Kier alpha value is -2.33. The standard InChI is InChI=1S/C20H21ClN2O2/c1-14-11-18(21)7-8-19(14)23(15(2)24)13-20(25)22-10-9-16-5-3-4-6-17(16)12-22/h3-8,11H,9-10,12-13H2,1-2H3. The summed E-state index contributed by atoms with van der Waals surface area (Å²) in [5.74, 6) is -0.199. The van der Waals surface area contributed by atoms with Crippen LogP contribution in [0.1, 0.15) is 23.6 Å². The van der Waals surface area contributed by atoms with E-state index in [9.17, 15) is 9.59 Å². The smallest absolute Gasteiger partial charge is 0.242 e. The molecule has 1 heterocycles. The largest absolute Gasteiger partial charge is 0.336 e. The average Bonchev–Trinajstić information content (AvgIpc) is 2.59. The minimum atomic E-state index is -0.156. The highest BCUT2D eigenvalue weighted by atomic mass is 35.5. The first-order chi connectivity index (χ1) is 12.0. The van der Waals surface area contributed by atoms with Crippen molar-refractivity contribution in [3.63, 3.8) is 0 Å². The number of hydrogen-bond donors (Lipinski definition) is 0. The second-order valence-corrected chi connectivity index (χ2v) is 6.81. The fourth-order valence-electron chi connectivity index (χ4n) is 3.23. The molecule has 4 nitrogen and oxygen atoms in total. The molecule has 5 heteroatoms. The molecule has 3 rings (SSSR count). The van der Waals surface area contributed by atoms with Gasteiger partial charge < -0.3 is 9.80 Å². The zero-order valence-electron chi connectivity index (χ0n) is 14.5. The van der Waals surface area contributed by atoms with E-state index in [1.807, 2.05) is 24.0 Å². The van der Waals surface area contributed by atoms with Crippen molar-refractivity contribution in [1.29, 1.82) is 0 Å². The van der Waals surface area contributed by atoms with E-state index < -0.39 is 0 Å². The van der Waals surface area contributed by atoms with E-state index in [0.29, 0.717) is 18.1 Å². The molecule has 0 spiro atoms. The number of hydrogen-bond acceptors (Lipinski definition) is 2. The molecule has 0 saturated carbocycles. The van der Waals surface area contributed by atoms with Crippen LogP contribution in [0.4, 0.5) is 5.69 Å². The molecule has 0 unspecified atom stereocenters. The van der Waals surface area contributed by atoms with E-state index in [1.165, 1.54) is 23.0 Å². The number of carbonyl (C=O) groups is 2. The number of halogens is 1. The summed E-state index contributed by atoms with van der Waals surface area (Å²) in [7, 11) is 0. The van der Waals surface area contributed by atoms with Crippen molar-refractivity contribution in [2.24, 2.45) is 0 Å². The molecule has 2 aromatic carbocycles. The van der Waals surface area contributed by atoms with Crippen LogP contribution in [0.5, 0.6) is 0 Å². The predicted molar refractivity (Wildman–Crippen MR) is 99.8 cm³/mol. The van der Waals surface area contributed by atoms with Crippen molar-refractivity contribution >= 4 is 29.1 Å². The third kappa shape index (κ3) is 3.85. The molecule has 2 aromatic rings. The van der Waals surface area contributed by atoms with Crippen molar-refractivity contribution in [1.82, 2.24) is 4.90 Å². The maximum absolute atomic E-state index is 12.8. The molecule has 0 bridgehead atoms. The Balaban J connectivity index is 1.77. The molecule has 0 aliphatic carbocycles. The fourth-order valence-corrected chi connectivity index (χ4v) is 3.46. The molecule has 2 amide bonds. The van der Waals surface area contributed by atoms with Crippen molar-refractivity contribution in [2.75, 3.05) is 18.0 Å². The molecule has 25 heavy (non-hydrogen) atoms. The Kier molecular flexibility index (Phi) is 5.09. The third-order valence-electron chi connectivity index (χ3n) is 4.61. The van der Waals surface area contributed by atoms with Gasteiger partial charge in [0.1, 0.15) is 6.54 Å². The number of nitrogens with zero attached hydrogens (tertiary/aromatic N) is 2. The molecule has 0 radical (unpaired) electrons. The van der Waals surface area contributed by atoms with E-state index in [2.05, 4.69) is 12.1 Å². The van der Waals surface area contributed by atoms with Gasteiger partial charge in [-0.25, -0.2) is 0 Å². The summed E-state index contributed by atoms with van der Waals surface area (Å²) in [6.45, 7) is 4.69. The fraction of sp³-hybridized carbons (Fsp3) is 0.300. The van der Waals surface area contributed by atoms with Gasteiger partial charge >= 0.3 is 0 Å². The van der Waals surface area contributed by atoms with Crippen molar-refractivity contribution in [3.05, 3.63) is 64.2 Å². The van der Waals surface area contributed by atoms with Gasteiger partial charge in [0, 0.05) is 30.7 Å². The van der Waals surface area contributed by atoms with Gasteiger partial charge in [-0.1, -0.05) is 35.9 Å². The Morgan fingerprint density at radius 3 is 2.56 bits per heavy atom. The van der Waals surface area contributed by atoms with E-state index in [4.69, 9.17) is 11.6 Å². The van der Waals surface area contributed by atoms with Crippen LogP contribution >= 0.6 is 11.6 Å². The van der Waals surface area contributed by atoms with Crippen molar-refractivity contribution in [3.8, 4) is 0 Å². The van der Waals surface area contributed by atoms with Crippen LogP contribution in [0.15, 0.2) is 42.5 Å². The molecule has 0 saturated heterocycles. The first-order valence-electron chi connectivity index (χ1n) is 8.34. The Morgan fingerprint density at radius 1 is 1.16 bits per heavy atom. The van der Waals surface area contributed by atoms with Gasteiger partial charge in [0.2, 0.25) is 11.8 Å². The third-order valence-corrected chi connectivity index (χ3v) is 4.84. The number of aryl methyl sites for hydroxylation is 1. The van der Waals surface area contributed by atoms with Crippen molar-refractivity contribution < 1.29 is 9.59 Å². The summed E-state index contributed by atoms with van der Waals surface area (Å²) >= 11 is 6.00. The van der Waals surface area contributed by atoms with Crippen LogP contribution in [0.3, 0.4) is 0 Å². The number of anilines is 1. The van der Waals surface area contributed by atoms with E-state index >= 15 is 0 Å². The van der Waals surface area contributed by atoms with Crippen LogP contribution in [0, 0.1) is 6.92 Å². The second kappa shape index (κ2) is 7.28. The average molecular weight is 357 g/mol. The minimum Gasteiger partial charge on any atom is -0.336 e. The van der Waals surface area contributed by atoms with Gasteiger partial charge in [-0.3, -0.25) is 9.59 Å². The first-order valence-corrected chi connectivity index (χ1v) is 8.72. The number of rotatable bonds is 3. The highest BCUT2D eigenvalue weighted by molar-refractivity contribution is 6.30. The van der Waals surface area contributed by atoms with Gasteiger partial charge in [0.25, 0.3) is 0 Å². The van der Waals surface area contributed by atoms with Gasteiger partial charge in [-0.05, 0) is 48.2 Å². The number of fused-ring (bicyclic) bond motifs is 1. The van der Waals surface area contributed by atoms with Gasteiger partial charge in [-0.15, -0.1) is 0 Å². The maximum atomic E-state index is 12.8. The summed E-state index contributed by atoms with van der Waals surface area (Å²) in [4.78, 5) is 28.2. The van der Waals surface area contributed by atoms with Gasteiger partial charge in [0.15, 0.2) is 0 Å². The summed E-state index contributed by atoms with van der Waals surface area (Å²) in [5, 5.41) is 0.615. The zero-order chi connectivity index (χ0) is 18.0. The molecular formula is C20H21ClN2O2. The summed E-state index contributed by atoms with van der Waals surface area (Å²) in [6, 6.07) is 13.5. The Morgan fingerprint density at radius 2 is 1.88 bits per heavy atom. The number of benzene rings is 2. The maximum Gasteiger partial charge on any atom is 0.242 e. The lowest BCUT2D eigenvalue weighted by atomic mass is 10.00. The SMILES string of the molecule is CC(=O)N(CC(=O)N1CCc2ccccc2C1)c1ccc(Cl)cc1C. The highest BCUT2D eigenvalue weighted by Crippen LogP contribution is 2.25. The molecule has 0 aromatic heterocycles. The highest BCUT2D eigenvalue weighted by Gasteiger charge is 2.24. The molecular weight excluding hydrogens is 336 g/mol.